The third kappa shape index (κ3) is 3.45. The molecule has 3 heterocycles. The highest BCUT2D eigenvalue weighted by molar-refractivity contribution is 5.95. The van der Waals surface area contributed by atoms with Crippen LogP contribution >= 0.6 is 0 Å². The molecule has 0 bridgehead atoms. The van der Waals surface area contributed by atoms with Crippen molar-refractivity contribution < 1.29 is 4.79 Å². The number of aromatic amines is 1. The maximum Gasteiger partial charge on any atom is 0.229 e. The number of hydrogen-bond acceptors (Lipinski definition) is 4. The Morgan fingerprint density at radius 2 is 2.26 bits per heavy atom. The highest BCUT2D eigenvalue weighted by Crippen LogP contribution is 2.23. The monoisotopic (exact) mass is 310 g/mol. The Bertz CT molecular complexity index is 792. The van der Waals surface area contributed by atoms with Gasteiger partial charge in [0.1, 0.15) is 5.69 Å². The molecule has 0 saturated heterocycles. The quantitative estimate of drug-likeness (QED) is 0.756. The van der Waals surface area contributed by atoms with Crippen LogP contribution in [0.1, 0.15) is 12.6 Å². The first-order chi connectivity index (χ1) is 11.1. The molecule has 0 saturated carbocycles. The van der Waals surface area contributed by atoms with Crippen molar-refractivity contribution in [1.29, 1.82) is 0 Å². The van der Waals surface area contributed by atoms with Crippen molar-refractivity contribution in [3.8, 4) is 11.4 Å². The van der Waals surface area contributed by atoms with Crippen LogP contribution in [-0.4, -0.2) is 30.9 Å². The van der Waals surface area contributed by atoms with Crippen LogP contribution in [0, 0.1) is 12.8 Å². The fourth-order valence-electron chi connectivity index (χ4n) is 2.27. The molecular formula is C16H18N6O. The molecule has 0 aromatic carbocycles. The number of H-pyrrole nitrogens is 1. The largest absolute Gasteiger partial charge is 0.323 e. The number of carbonyl (C=O) groups excluding carboxylic acids is 1. The van der Waals surface area contributed by atoms with E-state index < -0.39 is 0 Å². The number of nitrogens with zero attached hydrogens (tertiary/aromatic N) is 4. The first-order valence-electron chi connectivity index (χ1n) is 7.39. The van der Waals surface area contributed by atoms with E-state index in [1.165, 1.54) is 0 Å². The van der Waals surface area contributed by atoms with E-state index in [2.05, 4.69) is 25.6 Å². The lowest BCUT2D eigenvalue weighted by Crippen LogP contribution is -2.24. The molecule has 1 amide bonds. The summed E-state index contributed by atoms with van der Waals surface area (Å²) < 4.78 is 1.77. The standard InChI is InChI=1S/C16H18N6O/c1-11(10-22-8-6-12(2)21-22)16(23)19-14-9-18-20-15(14)13-5-3-4-7-17-13/h3-9,11H,10H2,1-2H3,(H,18,20)(H,19,23). The van der Waals surface area contributed by atoms with Gasteiger partial charge in [0.25, 0.3) is 0 Å². The molecule has 0 aliphatic rings. The van der Waals surface area contributed by atoms with Gasteiger partial charge in [0.2, 0.25) is 5.91 Å². The Morgan fingerprint density at radius 1 is 1.39 bits per heavy atom. The van der Waals surface area contributed by atoms with Crippen LogP contribution in [0.4, 0.5) is 5.69 Å². The predicted octanol–water partition coefficient (Wildman–Crippen LogP) is 2.25. The topological polar surface area (TPSA) is 88.5 Å². The molecule has 0 aliphatic heterocycles. The number of rotatable bonds is 5. The van der Waals surface area contributed by atoms with Gasteiger partial charge in [-0.2, -0.15) is 10.2 Å². The fraction of sp³-hybridized carbons (Fsp3) is 0.250. The minimum Gasteiger partial charge on any atom is -0.323 e. The molecule has 7 heteroatoms. The maximum atomic E-state index is 12.4. The van der Waals surface area contributed by atoms with Gasteiger partial charge < -0.3 is 5.32 Å². The van der Waals surface area contributed by atoms with Crippen molar-refractivity contribution >= 4 is 11.6 Å². The number of carbonyl (C=O) groups is 1. The molecule has 0 radical (unpaired) electrons. The van der Waals surface area contributed by atoms with E-state index in [1.807, 2.05) is 44.3 Å². The molecule has 1 unspecified atom stereocenters. The first-order valence-corrected chi connectivity index (χ1v) is 7.39. The summed E-state index contributed by atoms with van der Waals surface area (Å²) in [6, 6.07) is 7.50. The summed E-state index contributed by atoms with van der Waals surface area (Å²) in [6.45, 7) is 4.31. The van der Waals surface area contributed by atoms with Gasteiger partial charge in [-0.1, -0.05) is 13.0 Å². The molecule has 3 aromatic rings. The Labute approximate surface area is 133 Å². The van der Waals surface area contributed by atoms with Crippen molar-refractivity contribution in [3.05, 3.63) is 48.5 Å². The van der Waals surface area contributed by atoms with E-state index in [1.54, 1.807) is 17.1 Å². The van der Waals surface area contributed by atoms with Crippen LogP contribution in [0.2, 0.25) is 0 Å². The Balaban J connectivity index is 1.70. The zero-order chi connectivity index (χ0) is 16.2. The van der Waals surface area contributed by atoms with Crippen LogP contribution in [-0.2, 0) is 11.3 Å². The summed E-state index contributed by atoms with van der Waals surface area (Å²) >= 11 is 0. The molecule has 23 heavy (non-hydrogen) atoms. The molecular weight excluding hydrogens is 292 g/mol. The third-order valence-corrected chi connectivity index (χ3v) is 3.50. The lowest BCUT2D eigenvalue weighted by molar-refractivity contribution is -0.119. The highest BCUT2D eigenvalue weighted by Gasteiger charge is 2.17. The number of hydrogen-bond donors (Lipinski definition) is 2. The van der Waals surface area contributed by atoms with Crippen LogP contribution in [0.25, 0.3) is 11.4 Å². The van der Waals surface area contributed by atoms with E-state index in [4.69, 9.17) is 0 Å². The minimum atomic E-state index is -0.221. The fourth-order valence-corrected chi connectivity index (χ4v) is 2.27. The first kappa shape index (κ1) is 15.0. The van der Waals surface area contributed by atoms with Crippen molar-refractivity contribution in [1.82, 2.24) is 25.0 Å². The molecule has 0 aliphatic carbocycles. The van der Waals surface area contributed by atoms with Crippen molar-refractivity contribution in [2.24, 2.45) is 5.92 Å². The average molecular weight is 310 g/mol. The van der Waals surface area contributed by atoms with Gasteiger partial charge in [-0.05, 0) is 25.1 Å². The van der Waals surface area contributed by atoms with E-state index in [-0.39, 0.29) is 11.8 Å². The second kappa shape index (κ2) is 6.43. The van der Waals surface area contributed by atoms with Gasteiger partial charge in [0.05, 0.1) is 35.7 Å². The highest BCUT2D eigenvalue weighted by atomic mass is 16.1. The maximum absolute atomic E-state index is 12.4. The minimum absolute atomic E-state index is 0.0864. The number of anilines is 1. The van der Waals surface area contributed by atoms with Crippen molar-refractivity contribution in [2.45, 2.75) is 20.4 Å². The van der Waals surface area contributed by atoms with Crippen LogP contribution in [0.15, 0.2) is 42.9 Å². The molecule has 1 atom stereocenters. The molecule has 0 fully saturated rings. The van der Waals surface area contributed by atoms with Gasteiger partial charge in [-0.15, -0.1) is 0 Å². The zero-order valence-corrected chi connectivity index (χ0v) is 13.0. The summed E-state index contributed by atoms with van der Waals surface area (Å²) in [6.07, 6.45) is 5.16. The summed E-state index contributed by atoms with van der Waals surface area (Å²) in [5.41, 5.74) is 2.99. The second-order valence-electron chi connectivity index (χ2n) is 5.44. The zero-order valence-electron chi connectivity index (χ0n) is 13.0. The third-order valence-electron chi connectivity index (χ3n) is 3.50. The van der Waals surface area contributed by atoms with Gasteiger partial charge >= 0.3 is 0 Å². The van der Waals surface area contributed by atoms with Gasteiger partial charge in [0.15, 0.2) is 0 Å². The molecule has 118 valence electrons. The molecule has 7 nitrogen and oxygen atoms in total. The molecule has 3 aromatic heterocycles. The smallest absolute Gasteiger partial charge is 0.229 e. The van der Waals surface area contributed by atoms with E-state index in [9.17, 15) is 4.79 Å². The summed E-state index contributed by atoms with van der Waals surface area (Å²) in [5.74, 6) is -0.308. The number of pyridine rings is 1. The summed E-state index contributed by atoms with van der Waals surface area (Å²) in [4.78, 5) is 16.7. The second-order valence-corrected chi connectivity index (χ2v) is 5.44. The number of nitrogens with one attached hydrogen (secondary N) is 2. The average Bonchev–Trinajstić information content (AvgIpc) is 3.17. The Morgan fingerprint density at radius 3 is 2.96 bits per heavy atom. The van der Waals surface area contributed by atoms with Crippen LogP contribution in [0.5, 0.6) is 0 Å². The SMILES string of the molecule is Cc1ccn(CC(C)C(=O)Nc2cn[nH]c2-c2ccccn2)n1. The molecule has 0 spiro atoms. The molecule has 2 N–H and O–H groups in total. The normalized spacial score (nSPS) is 12.1. The lowest BCUT2D eigenvalue weighted by Gasteiger charge is -2.12. The Hall–Kier alpha value is -2.96. The van der Waals surface area contributed by atoms with Crippen LogP contribution < -0.4 is 5.32 Å². The number of aromatic nitrogens is 5. The number of amides is 1. The van der Waals surface area contributed by atoms with Crippen molar-refractivity contribution in [2.75, 3.05) is 5.32 Å². The van der Waals surface area contributed by atoms with E-state index in [0.29, 0.717) is 17.9 Å². The van der Waals surface area contributed by atoms with E-state index >= 15 is 0 Å². The van der Waals surface area contributed by atoms with E-state index in [0.717, 1.165) is 11.4 Å². The van der Waals surface area contributed by atoms with Gasteiger partial charge in [-0.3, -0.25) is 19.6 Å². The van der Waals surface area contributed by atoms with Gasteiger partial charge in [-0.25, -0.2) is 0 Å². The van der Waals surface area contributed by atoms with Crippen LogP contribution in [0.3, 0.4) is 0 Å². The van der Waals surface area contributed by atoms with Gasteiger partial charge in [0, 0.05) is 12.4 Å². The lowest BCUT2D eigenvalue weighted by atomic mass is 10.1. The Kier molecular flexibility index (Phi) is 4.18. The summed E-state index contributed by atoms with van der Waals surface area (Å²) in [7, 11) is 0. The van der Waals surface area contributed by atoms with Crippen molar-refractivity contribution in [3.63, 3.8) is 0 Å². The predicted molar refractivity (Wildman–Crippen MR) is 86.6 cm³/mol. The summed E-state index contributed by atoms with van der Waals surface area (Å²) in [5, 5.41) is 14.1. The number of aryl methyl sites for hydroxylation is 1. The molecule has 3 rings (SSSR count).